The number of hydrogen-bond donors (Lipinski definition) is 1. The molecule has 1 aliphatic rings. The molecule has 13 heteroatoms. The number of nitrogens with zero attached hydrogens (tertiary/aromatic N) is 2. The van der Waals surface area contributed by atoms with Crippen molar-refractivity contribution in [2.45, 2.75) is 17.5 Å². The van der Waals surface area contributed by atoms with Gasteiger partial charge in [0.05, 0.1) is 23.2 Å². The van der Waals surface area contributed by atoms with Crippen molar-refractivity contribution in [2.24, 2.45) is 0 Å². The molecule has 0 bridgehead atoms. The van der Waals surface area contributed by atoms with Crippen molar-refractivity contribution in [3.05, 3.63) is 82.1 Å². The van der Waals surface area contributed by atoms with E-state index in [4.69, 9.17) is 4.74 Å². The van der Waals surface area contributed by atoms with Crippen LogP contribution in [0.3, 0.4) is 0 Å². The lowest BCUT2D eigenvalue weighted by molar-refractivity contribution is -0.0873. The highest BCUT2D eigenvalue weighted by Crippen LogP contribution is 2.51. The molecule has 0 atom stereocenters. The van der Waals surface area contributed by atoms with Gasteiger partial charge in [0.1, 0.15) is 17.8 Å². The van der Waals surface area contributed by atoms with Gasteiger partial charge in [-0.25, -0.2) is 12.8 Å². The lowest BCUT2D eigenvalue weighted by Gasteiger charge is -2.16. The standard InChI is InChI=1S/C23H15F4N3O5S/c1-34-20-10-15(14-9-16(14)23(25,26)27)17(24)11-19(20)30-18-4-3-13(8-12(18)2-5-22(30)31)36(32,33)29-21-6-7-35-28-21/h2-8,10-11H,9H2,1H3,(H,28,29). The molecule has 0 radical (unpaired) electrons. The minimum atomic E-state index is -4.55. The van der Waals surface area contributed by atoms with E-state index in [1.54, 1.807) is 0 Å². The molecule has 1 N–H and O–H groups in total. The van der Waals surface area contributed by atoms with E-state index in [9.17, 15) is 30.8 Å². The Bertz CT molecular complexity index is 1710. The smallest absolute Gasteiger partial charge is 0.413 e. The number of ether oxygens (including phenoxy) is 1. The lowest BCUT2D eigenvalue weighted by Crippen LogP contribution is -2.19. The van der Waals surface area contributed by atoms with Gasteiger partial charge >= 0.3 is 6.18 Å². The van der Waals surface area contributed by atoms with Crippen LogP contribution in [0.15, 0.2) is 74.6 Å². The van der Waals surface area contributed by atoms with Crippen LogP contribution < -0.4 is 15.0 Å². The first-order valence-corrected chi connectivity index (χ1v) is 11.7. The maximum atomic E-state index is 15.0. The Morgan fingerprint density at radius 1 is 1.11 bits per heavy atom. The van der Waals surface area contributed by atoms with Crippen molar-refractivity contribution >= 4 is 32.3 Å². The summed E-state index contributed by atoms with van der Waals surface area (Å²) in [5, 5.41) is 3.81. The van der Waals surface area contributed by atoms with Crippen LogP contribution in [0.2, 0.25) is 0 Å². The highest BCUT2D eigenvalue weighted by atomic mass is 32.2. The van der Waals surface area contributed by atoms with Gasteiger partial charge in [-0.3, -0.25) is 14.1 Å². The molecular formula is C23H15F4N3O5S. The number of methoxy groups -OCH3 is 1. The lowest BCUT2D eigenvalue weighted by atomic mass is 10.1. The Kier molecular flexibility index (Phi) is 5.39. The minimum Gasteiger partial charge on any atom is -0.495 e. The largest absolute Gasteiger partial charge is 0.495 e. The molecule has 2 heterocycles. The summed E-state index contributed by atoms with van der Waals surface area (Å²) >= 11 is 0. The number of alkyl halides is 3. The molecule has 0 saturated carbocycles. The van der Waals surface area contributed by atoms with E-state index in [1.165, 1.54) is 43.7 Å². The quantitative estimate of drug-likeness (QED) is 0.371. The number of benzene rings is 2. The van der Waals surface area contributed by atoms with Crippen molar-refractivity contribution in [3.8, 4) is 11.4 Å². The van der Waals surface area contributed by atoms with Gasteiger partial charge in [0.2, 0.25) is 0 Å². The van der Waals surface area contributed by atoms with E-state index < -0.39 is 39.6 Å². The fourth-order valence-electron chi connectivity index (χ4n) is 3.88. The van der Waals surface area contributed by atoms with Crippen LogP contribution in [0, 0.1) is 5.82 Å². The molecule has 0 spiro atoms. The van der Waals surface area contributed by atoms with Crippen molar-refractivity contribution in [2.75, 3.05) is 11.8 Å². The van der Waals surface area contributed by atoms with E-state index >= 15 is 0 Å². The highest BCUT2D eigenvalue weighted by Gasteiger charge is 2.45. The molecule has 4 aromatic rings. The van der Waals surface area contributed by atoms with Crippen LogP contribution in [0.5, 0.6) is 5.75 Å². The number of sulfonamides is 1. The molecular weight excluding hydrogens is 506 g/mol. The van der Waals surface area contributed by atoms with Crippen molar-refractivity contribution in [1.29, 1.82) is 0 Å². The zero-order chi connectivity index (χ0) is 25.8. The van der Waals surface area contributed by atoms with Crippen LogP contribution in [0.4, 0.5) is 23.4 Å². The Morgan fingerprint density at radius 3 is 2.53 bits per heavy atom. The molecule has 0 unspecified atom stereocenters. The molecule has 36 heavy (non-hydrogen) atoms. The van der Waals surface area contributed by atoms with Crippen LogP contribution >= 0.6 is 0 Å². The first-order chi connectivity index (χ1) is 17.0. The molecule has 186 valence electrons. The zero-order valence-corrected chi connectivity index (χ0v) is 19.1. The van der Waals surface area contributed by atoms with Crippen LogP contribution in [0.25, 0.3) is 22.2 Å². The summed E-state index contributed by atoms with van der Waals surface area (Å²) in [6.07, 6.45) is -3.75. The number of fused-ring (bicyclic) bond motifs is 1. The average molecular weight is 521 g/mol. The summed E-state index contributed by atoms with van der Waals surface area (Å²) in [5.74, 6) is -1.02. The number of pyridine rings is 1. The summed E-state index contributed by atoms with van der Waals surface area (Å²) in [6.45, 7) is 0. The molecule has 2 aromatic heterocycles. The number of aromatic nitrogens is 2. The van der Waals surface area contributed by atoms with Gasteiger partial charge in [-0.15, -0.1) is 0 Å². The zero-order valence-electron chi connectivity index (χ0n) is 18.3. The van der Waals surface area contributed by atoms with Gasteiger partial charge in [0.25, 0.3) is 15.6 Å². The van der Waals surface area contributed by atoms with Crippen LogP contribution in [-0.4, -0.2) is 31.4 Å². The molecule has 0 fully saturated rings. The summed E-state index contributed by atoms with van der Waals surface area (Å²) < 4.78 is 92.5. The normalized spacial score (nSPS) is 13.8. The molecule has 0 amide bonds. The predicted molar refractivity (Wildman–Crippen MR) is 121 cm³/mol. The van der Waals surface area contributed by atoms with Crippen LogP contribution in [0.1, 0.15) is 12.0 Å². The summed E-state index contributed by atoms with van der Waals surface area (Å²) in [4.78, 5) is 12.7. The number of hydrogen-bond acceptors (Lipinski definition) is 6. The van der Waals surface area contributed by atoms with E-state index in [0.717, 1.165) is 22.8 Å². The molecule has 0 saturated heterocycles. The topological polar surface area (TPSA) is 103 Å². The monoisotopic (exact) mass is 521 g/mol. The third kappa shape index (κ3) is 4.11. The molecule has 5 rings (SSSR count). The highest BCUT2D eigenvalue weighted by molar-refractivity contribution is 7.92. The van der Waals surface area contributed by atoms with Gasteiger partial charge in [-0.2, -0.15) is 13.2 Å². The molecule has 0 aliphatic heterocycles. The number of rotatable bonds is 6. The SMILES string of the molecule is COc1cc(C2=C(C(F)(F)F)C2)c(F)cc1-n1c(=O)ccc2cc(S(=O)(=O)Nc3ccon3)ccc21. The minimum absolute atomic E-state index is 0.0279. The van der Waals surface area contributed by atoms with Gasteiger partial charge in [-0.05, 0) is 35.9 Å². The number of anilines is 1. The summed E-state index contributed by atoms with van der Waals surface area (Å²) in [5.41, 5.74) is -1.68. The maximum absolute atomic E-state index is 15.0. The van der Waals surface area contributed by atoms with Gasteiger partial charge in [0, 0.05) is 41.1 Å². The predicted octanol–water partition coefficient (Wildman–Crippen LogP) is 4.65. The second-order valence-electron chi connectivity index (χ2n) is 7.85. The van der Waals surface area contributed by atoms with E-state index in [0.29, 0.717) is 5.39 Å². The third-order valence-corrected chi connectivity index (χ3v) is 6.97. The fourth-order valence-corrected chi connectivity index (χ4v) is 4.90. The van der Waals surface area contributed by atoms with Crippen molar-refractivity contribution in [3.63, 3.8) is 0 Å². The summed E-state index contributed by atoms with van der Waals surface area (Å²) in [6, 6.07) is 9.79. The molecule has 8 nitrogen and oxygen atoms in total. The van der Waals surface area contributed by atoms with E-state index in [1.807, 2.05) is 0 Å². The van der Waals surface area contributed by atoms with Gasteiger partial charge < -0.3 is 9.26 Å². The number of nitrogens with one attached hydrogen (secondary N) is 1. The fraction of sp³-hybridized carbons (Fsp3) is 0.130. The number of halogens is 4. The Balaban J connectivity index is 1.62. The average Bonchev–Trinajstić information content (AvgIpc) is 3.48. The van der Waals surface area contributed by atoms with E-state index in [-0.39, 0.29) is 38.8 Å². The first-order valence-electron chi connectivity index (χ1n) is 10.3. The van der Waals surface area contributed by atoms with Crippen LogP contribution in [-0.2, 0) is 10.0 Å². The van der Waals surface area contributed by atoms with Crippen molar-refractivity contribution in [1.82, 2.24) is 9.72 Å². The third-order valence-electron chi connectivity index (χ3n) is 5.62. The first kappa shape index (κ1) is 23.6. The second kappa shape index (κ2) is 8.22. The summed E-state index contributed by atoms with van der Waals surface area (Å²) in [7, 11) is -2.81. The Morgan fingerprint density at radius 2 is 1.89 bits per heavy atom. The van der Waals surface area contributed by atoms with E-state index in [2.05, 4.69) is 14.4 Å². The van der Waals surface area contributed by atoms with Gasteiger partial charge in [0.15, 0.2) is 5.82 Å². The van der Waals surface area contributed by atoms with Gasteiger partial charge in [-0.1, -0.05) is 5.16 Å². The Hall–Kier alpha value is -4.13. The Labute approximate surface area is 200 Å². The van der Waals surface area contributed by atoms with Crippen molar-refractivity contribution < 1.29 is 35.2 Å². The maximum Gasteiger partial charge on any atom is 0.413 e. The molecule has 2 aromatic carbocycles. The second-order valence-corrected chi connectivity index (χ2v) is 9.54. The number of allylic oxidation sites excluding steroid dienone is 2. The molecule has 1 aliphatic carbocycles.